The van der Waals surface area contributed by atoms with Crippen LogP contribution in [0.3, 0.4) is 0 Å². The molecule has 0 aliphatic heterocycles. The number of rotatable bonds is 5. The van der Waals surface area contributed by atoms with Crippen LogP contribution in [0.5, 0.6) is 0 Å². The number of imidazole rings is 1. The molecule has 2 heterocycles. The van der Waals surface area contributed by atoms with Crippen molar-refractivity contribution in [2.24, 2.45) is 12.5 Å². The van der Waals surface area contributed by atoms with Crippen LogP contribution in [0.15, 0.2) is 5.16 Å². The van der Waals surface area contributed by atoms with Gasteiger partial charge >= 0.3 is 5.97 Å². The molecule has 0 bridgehead atoms. The van der Waals surface area contributed by atoms with Gasteiger partial charge in [-0.15, -0.1) is 0 Å². The lowest BCUT2D eigenvalue weighted by Gasteiger charge is -2.39. The van der Waals surface area contributed by atoms with Crippen molar-refractivity contribution in [3.05, 3.63) is 5.69 Å². The molecule has 0 amide bonds. The Hall–Kier alpha value is -1.50. The number of carboxylic acids is 1. The predicted molar refractivity (Wildman–Crippen MR) is 81.6 cm³/mol. The summed E-state index contributed by atoms with van der Waals surface area (Å²) in [7, 11) is 1.92. The molecule has 0 spiro atoms. The van der Waals surface area contributed by atoms with Crippen molar-refractivity contribution in [1.82, 2.24) is 19.3 Å². The fourth-order valence-corrected chi connectivity index (χ4v) is 3.73. The van der Waals surface area contributed by atoms with Crippen LogP contribution in [0, 0.1) is 12.3 Å². The lowest BCUT2D eigenvalue weighted by atomic mass is 9.70. The third kappa shape index (κ3) is 2.54. The zero-order valence-corrected chi connectivity index (χ0v) is 13.4. The van der Waals surface area contributed by atoms with Gasteiger partial charge in [0.05, 0.1) is 11.4 Å². The van der Waals surface area contributed by atoms with Gasteiger partial charge < -0.3 is 9.67 Å². The fraction of sp³-hybridized carbons (Fsp3) is 0.643. The number of aryl methyl sites for hydroxylation is 2. The largest absolute Gasteiger partial charge is 0.481 e. The van der Waals surface area contributed by atoms with E-state index >= 15 is 0 Å². The van der Waals surface area contributed by atoms with Gasteiger partial charge in [-0.3, -0.25) is 9.48 Å². The molecule has 0 unspecified atom stereocenters. The average Bonchev–Trinajstić information content (AvgIpc) is 2.85. The number of nitrogens with zero attached hydrogens (tertiary/aromatic N) is 4. The Bertz CT molecular complexity index is 699. The minimum absolute atomic E-state index is 0.0342. The van der Waals surface area contributed by atoms with E-state index in [1.54, 1.807) is 0 Å². The number of carbonyl (C=O) groups is 1. The Balaban J connectivity index is 2.03. The molecular weight excluding hydrogens is 288 g/mol. The molecular formula is C14H20N4O2S. The van der Waals surface area contributed by atoms with Gasteiger partial charge in [0.2, 0.25) is 0 Å². The highest BCUT2D eigenvalue weighted by atomic mass is 32.2. The van der Waals surface area contributed by atoms with E-state index in [0.29, 0.717) is 5.41 Å². The molecule has 2 aromatic rings. The van der Waals surface area contributed by atoms with Gasteiger partial charge in [-0.05, 0) is 25.2 Å². The highest BCUT2D eigenvalue weighted by molar-refractivity contribution is 7.99. The van der Waals surface area contributed by atoms with Crippen LogP contribution in [-0.2, 0) is 18.4 Å². The second-order valence-corrected chi connectivity index (χ2v) is 7.15. The summed E-state index contributed by atoms with van der Waals surface area (Å²) in [5.74, 6) is -0.782. The summed E-state index contributed by atoms with van der Waals surface area (Å²) in [6, 6.07) is 0. The highest BCUT2D eigenvalue weighted by Gasteiger charge is 2.34. The molecule has 0 aromatic carbocycles. The van der Waals surface area contributed by atoms with E-state index < -0.39 is 5.97 Å². The summed E-state index contributed by atoms with van der Waals surface area (Å²) >= 11 is 1.29. The first kappa shape index (κ1) is 14.4. The molecule has 1 saturated carbocycles. The number of hydrogen-bond acceptors (Lipinski definition) is 4. The van der Waals surface area contributed by atoms with Gasteiger partial charge in [-0.2, -0.15) is 5.10 Å². The van der Waals surface area contributed by atoms with Crippen LogP contribution < -0.4 is 0 Å². The first-order chi connectivity index (χ1) is 9.89. The van der Waals surface area contributed by atoms with Crippen molar-refractivity contribution in [2.45, 2.75) is 44.8 Å². The van der Waals surface area contributed by atoms with E-state index in [-0.39, 0.29) is 5.75 Å². The summed E-state index contributed by atoms with van der Waals surface area (Å²) in [6.45, 7) is 5.11. The Morgan fingerprint density at radius 1 is 1.48 bits per heavy atom. The third-order valence-corrected chi connectivity index (χ3v) is 5.24. The molecule has 114 valence electrons. The van der Waals surface area contributed by atoms with Gasteiger partial charge in [0, 0.05) is 13.6 Å². The third-order valence-electron chi connectivity index (χ3n) is 4.28. The van der Waals surface area contributed by atoms with E-state index in [1.807, 2.05) is 18.7 Å². The van der Waals surface area contributed by atoms with Crippen molar-refractivity contribution in [2.75, 3.05) is 5.75 Å². The Morgan fingerprint density at radius 2 is 2.19 bits per heavy atom. The van der Waals surface area contributed by atoms with E-state index in [9.17, 15) is 4.79 Å². The number of carboxylic acid groups (broad SMARTS) is 1. The van der Waals surface area contributed by atoms with Crippen molar-refractivity contribution in [3.8, 4) is 0 Å². The molecule has 0 radical (unpaired) electrons. The zero-order chi connectivity index (χ0) is 15.2. The normalized spacial score (nSPS) is 17.1. The lowest BCUT2D eigenvalue weighted by molar-refractivity contribution is -0.133. The average molecular weight is 308 g/mol. The maximum atomic E-state index is 10.8. The maximum absolute atomic E-state index is 10.8. The first-order valence-corrected chi connectivity index (χ1v) is 8.13. The smallest absolute Gasteiger partial charge is 0.313 e. The molecule has 2 aromatic heterocycles. The molecule has 21 heavy (non-hydrogen) atoms. The minimum atomic E-state index is -0.816. The van der Waals surface area contributed by atoms with Gasteiger partial charge in [0.1, 0.15) is 5.52 Å². The van der Waals surface area contributed by atoms with E-state index in [4.69, 9.17) is 5.11 Å². The van der Waals surface area contributed by atoms with Crippen molar-refractivity contribution in [3.63, 3.8) is 0 Å². The predicted octanol–water partition coefficient (Wildman–Crippen LogP) is 2.45. The zero-order valence-electron chi connectivity index (χ0n) is 12.6. The Labute approximate surface area is 127 Å². The highest BCUT2D eigenvalue weighted by Crippen LogP contribution is 2.43. The molecule has 1 fully saturated rings. The Kier molecular flexibility index (Phi) is 3.47. The lowest BCUT2D eigenvalue weighted by Crippen LogP contribution is -2.31. The summed E-state index contributed by atoms with van der Waals surface area (Å²) in [5.41, 5.74) is 3.06. The minimum Gasteiger partial charge on any atom is -0.481 e. The monoisotopic (exact) mass is 308 g/mol. The molecule has 3 rings (SSSR count). The summed E-state index contributed by atoms with van der Waals surface area (Å²) in [5, 5.41) is 14.1. The number of fused-ring (bicyclic) bond motifs is 1. The second-order valence-electron chi connectivity index (χ2n) is 6.21. The van der Waals surface area contributed by atoms with Crippen LogP contribution in [-0.4, -0.2) is 36.2 Å². The summed E-state index contributed by atoms with van der Waals surface area (Å²) < 4.78 is 4.01. The fourth-order valence-electron chi connectivity index (χ4n) is 3.01. The summed E-state index contributed by atoms with van der Waals surface area (Å²) in [4.78, 5) is 15.5. The van der Waals surface area contributed by atoms with Gasteiger partial charge in [0.25, 0.3) is 0 Å². The quantitative estimate of drug-likeness (QED) is 0.859. The molecule has 0 atom stereocenters. The number of aromatic nitrogens is 4. The number of thioether (sulfide) groups is 1. The van der Waals surface area contributed by atoms with Gasteiger partial charge in [-0.1, -0.05) is 25.1 Å². The van der Waals surface area contributed by atoms with Gasteiger partial charge in [0.15, 0.2) is 10.8 Å². The van der Waals surface area contributed by atoms with E-state index in [2.05, 4.69) is 21.6 Å². The van der Waals surface area contributed by atoms with E-state index in [1.165, 1.54) is 31.0 Å². The van der Waals surface area contributed by atoms with Crippen LogP contribution in [0.25, 0.3) is 11.2 Å². The Morgan fingerprint density at radius 3 is 2.76 bits per heavy atom. The van der Waals surface area contributed by atoms with Crippen LogP contribution in [0.1, 0.15) is 31.9 Å². The number of hydrogen-bond donors (Lipinski definition) is 1. The topological polar surface area (TPSA) is 72.9 Å². The van der Waals surface area contributed by atoms with Crippen molar-refractivity contribution >= 4 is 28.9 Å². The molecule has 1 aliphatic carbocycles. The van der Waals surface area contributed by atoms with Crippen LogP contribution >= 0.6 is 11.8 Å². The van der Waals surface area contributed by atoms with Crippen LogP contribution in [0.4, 0.5) is 0 Å². The molecule has 6 nitrogen and oxygen atoms in total. The van der Waals surface area contributed by atoms with Gasteiger partial charge in [-0.25, -0.2) is 4.98 Å². The van der Waals surface area contributed by atoms with Crippen molar-refractivity contribution in [1.29, 1.82) is 0 Å². The molecule has 0 saturated heterocycles. The maximum Gasteiger partial charge on any atom is 0.313 e. The SMILES string of the molecule is Cc1nn(C)c2c1nc(SCC(=O)O)n2CC1(C)CCC1. The van der Waals surface area contributed by atoms with Crippen LogP contribution in [0.2, 0.25) is 0 Å². The molecule has 1 N–H and O–H groups in total. The molecule has 7 heteroatoms. The number of aliphatic carboxylic acids is 1. The van der Waals surface area contributed by atoms with Crippen molar-refractivity contribution < 1.29 is 9.90 Å². The first-order valence-electron chi connectivity index (χ1n) is 7.14. The van der Waals surface area contributed by atoms with E-state index in [0.717, 1.165) is 28.6 Å². The second kappa shape index (κ2) is 5.05. The standard InChI is InChI=1S/C14H20N4O2S/c1-9-11-12(17(3)16-9)18(8-14(2)5-4-6-14)13(15-11)21-7-10(19)20/h4-8H2,1-3H3,(H,19,20). The summed E-state index contributed by atoms with van der Waals surface area (Å²) in [6.07, 6.45) is 3.70. The molecule has 1 aliphatic rings.